The molecular formula is C13H21N5S. The van der Waals surface area contributed by atoms with Gasteiger partial charge in [-0.15, -0.1) is 0 Å². The second-order valence-electron chi connectivity index (χ2n) is 6.03. The Bertz CT molecular complexity index is 567. The van der Waals surface area contributed by atoms with E-state index in [2.05, 4.69) is 34.3 Å². The number of anilines is 1. The molecule has 0 aromatic carbocycles. The van der Waals surface area contributed by atoms with Crippen LogP contribution in [0.1, 0.15) is 19.0 Å². The Morgan fingerprint density at radius 3 is 2.84 bits per heavy atom. The summed E-state index contributed by atoms with van der Waals surface area (Å²) in [5.41, 5.74) is 2.41. The van der Waals surface area contributed by atoms with E-state index >= 15 is 0 Å². The van der Waals surface area contributed by atoms with Gasteiger partial charge in [0.05, 0.1) is 10.4 Å². The lowest BCUT2D eigenvalue weighted by atomic mass is 9.90. The van der Waals surface area contributed by atoms with Crippen LogP contribution in [-0.4, -0.2) is 46.3 Å². The highest BCUT2D eigenvalue weighted by Crippen LogP contribution is 2.32. The third-order valence-electron chi connectivity index (χ3n) is 3.96. The Balaban J connectivity index is 1.73. The zero-order valence-corrected chi connectivity index (χ0v) is 12.8. The fourth-order valence-electron chi connectivity index (χ4n) is 2.86. The van der Waals surface area contributed by atoms with Crippen LogP contribution in [0.4, 0.5) is 5.13 Å². The maximum absolute atomic E-state index is 4.64. The number of fused-ring (bicyclic) bond motifs is 1. The third kappa shape index (κ3) is 2.34. The summed E-state index contributed by atoms with van der Waals surface area (Å²) in [4.78, 5) is 7.04. The molecule has 0 radical (unpaired) electrons. The third-order valence-corrected chi connectivity index (χ3v) is 5.07. The number of rotatable bonds is 3. The molecule has 3 rings (SSSR count). The molecule has 6 heteroatoms. The minimum absolute atomic E-state index is 0.361. The number of thiazole rings is 1. The summed E-state index contributed by atoms with van der Waals surface area (Å²) < 4.78 is 3.05. The zero-order chi connectivity index (χ0) is 13.6. The minimum Gasteiger partial charge on any atom is -0.361 e. The van der Waals surface area contributed by atoms with E-state index in [9.17, 15) is 0 Å². The van der Waals surface area contributed by atoms with E-state index < -0.39 is 0 Å². The summed E-state index contributed by atoms with van der Waals surface area (Å²) in [7, 11) is 4.14. The lowest BCUT2D eigenvalue weighted by Crippen LogP contribution is -2.29. The van der Waals surface area contributed by atoms with Crippen LogP contribution in [0.25, 0.3) is 10.3 Å². The normalized spacial score (nSPS) is 24.4. The molecule has 0 aliphatic carbocycles. The monoisotopic (exact) mass is 279 g/mol. The molecular weight excluding hydrogens is 258 g/mol. The van der Waals surface area contributed by atoms with Crippen molar-refractivity contribution in [1.29, 1.82) is 0 Å². The standard InChI is InChI=1S/C13H21N5S/c1-9-10-11(18(4)16-9)15-12(19-10)14-7-13(2)5-6-17(3)8-13/h5-8H2,1-4H3,(H,14,15)/t13-/m0/s1. The topological polar surface area (TPSA) is 46.0 Å². The molecule has 0 unspecified atom stereocenters. The Morgan fingerprint density at radius 2 is 2.21 bits per heavy atom. The van der Waals surface area contributed by atoms with Crippen molar-refractivity contribution in [2.75, 3.05) is 32.0 Å². The molecule has 3 heterocycles. The van der Waals surface area contributed by atoms with Crippen LogP contribution in [0.15, 0.2) is 0 Å². The van der Waals surface area contributed by atoms with E-state index in [1.165, 1.54) is 17.7 Å². The summed E-state index contributed by atoms with van der Waals surface area (Å²) in [6.45, 7) is 7.73. The molecule has 2 aromatic rings. The Hall–Kier alpha value is -1.14. The molecule has 0 bridgehead atoms. The summed E-state index contributed by atoms with van der Waals surface area (Å²) in [6.07, 6.45) is 1.25. The van der Waals surface area contributed by atoms with E-state index in [4.69, 9.17) is 0 Å². The Kier molecular flexibility index (Phi) is 3.02. The maximum atomic E-state index is 4.64. The average Bonchev–Trinajstić information content (AvgIpc) is 2.97. The van der Waals surface area contributed by atoms with Gasteiger partial charge in [-0.1, -0.05) is 18.3 Å². The number of nitrogens with one attached hydrogen (secondary N) is 1. The molecule has 19 heavy (non-hydrogen) atoms. The summed E-state index contributed by atoms with van der Waals surface area (Å²) >= 11 is 1.71. The minimum atomic E-state index is 0.361. The molecule has 1 N–H and O–H groups in total. The number of aromatic nitrogens is 3. The van der Waals surface area contributed by atoms with Crippen molar-refractivity contribution in [3.63, 3.8) is 0 Å². The van der Waals surface area contributed by atoms with Crippen molar-refractivity contribution in [1.82, 2.24) is 19.7 Å². The van der Waals surface area contributed by atoms with E-state index in [1.807, 2.05) is 18.7 Å². The summed E-state index contributed by atoms with van der Waals surface area (Å²) in [5.74, 6) is 0. The van der Waals surface area contributed by atoms with Crippen LogP contribution in [0.3, 0.4) is 0 Å². The van der Waals surface area contributed by atoms with E-state index in [1.54, 1.807) is 11.3 Å². The number of hydrogen-bond donors (Lipinski definition) is 1. The number of likely N-dealkylation sites (tertiary alicyclic amines) is 1. The van der Waals surface area contributed by atoms with E-state index in [0.29, 0.717) is 5.41 Å². The highest BCUT2D eigenvalue weighted by atomic mass is 32.1. The summed E-state index contributed by atoms with van der Waals surface area (Å²) in [6, 6.07) is 0. The molecule has 1 fully saturated rings. The van der Waals surface area contributed by atoms with Crippen LogP contribution in [-0.2, 0) is 7.05 Å². The summed E-state index contributed by atoms with van der Waals surface area (Å²) in [5, 5.41) is 8.92. The number of nitrogens with zero attached hydrogens (tertiary/aromatic N) is 4. The van der Waals surface area contributed by atoms with Crippen LogP contribution in [0.5, 0.6) is 0 Å². The van der Waals surface area contributed by atoms with Gasteiger partial charge in [0.2, 0.25) is 0 Å². The van der Waals surface area contributed by atoms with E-state index in [0.717, 1.165) is 29.6 Å². The van der Waals surface area contributed by atoms with Crippen LogP contribution in [0.2, 0.25) is 0 Å². The lowest BCUT2D eigenvalue weighted by Gasteiger charge is -2.23. The van der Waals surface area contributed by atoms with Crippen molar-refractivity contribution in [2.45, 2.75) is 20.3 Å². The molecule has 104 valence electrons. The average molecular weight is 279 g/mol. The fourth-order valence-corrected chi connectivity index (χ4v) is 3.79. The Morgan fingerprint density at radius 1 is 1.42 bits per heavy atom. The first-order valence-corrected chi connectivity index (χ1v) is 7.51. The number of hydrogen-bond acceptors (Lipinski definition) is 5. The van der Waals surface area contributed by atoms with Crippen molar-refractivity contribution >= 4 is 26.8 Å². The van der Waals surface area contributed by atoms with Crippen molar-refractivity contribution in [3.8, 4) is 0 Å². The van der Waals surface area contributed by atoms with Gasteiger partial charge in [-0.25, -0.2) is 9.67 Å². The van der Waals surface area contributed by atoms with Gasteiger partial charge in [0.1, 0.15) is 0 Å². The highest BCUT2D eigenvalue weighted by molar-refractivity contribution is 7.22. The maximum Gasteiger partial charge on any atom is 0.185 e. The SMILES string of the molecule is Cc1nn(C)c2nc(NC[C@]3(C)CCN(C)C3)sc12. The smallest absolute Gasteiger partial charge is 0.185 e. The van der Waals surface area contributed by atoms with Gasteiger partial charge in [0, 0.05) is 20.1 Å². The molecule has 1 aliphatic rings. The lowest BCUT2D eigenvalue weighted by molar-refractivity contribution is 0.325. The van der Waals surface area contributed by atoms with Gasteiger partial charge in [0.15, 0.2) is 10.8 Å². The largest absolute Gasteiger partial charge is 0.361 e. The first-order chi connectivity index (χ1) is 8.97. The fraction of sp³-hybridized carbons (Fsp3) is 0.692. The van der Waals surface area contributed by atoms with Gasteiger partial charge < -0.3 is 10.2 Å². The van der Waals surface area contributed by atoms with Crippen LogP contribution >= 0.6 is 11.3 Å². The van der Waals surface area contributed by atoms with E-state index in [-0.39, 0.29) is 0 Å². The second kappa shape index (κ2) is 4.45. The zero-order valence-electron chi connectivity index (χ0n) is 12.0. The van der Waals surface area contributed by atoms with Crippen molar-refractivity contribution in [2.24, 2.45) is 12.5 Å². The molecule has 1 saturated heterocycles. The first kappa shape index (κ1) is 12.9. The quantitative estimate of drug-likeness (QED) is 0.934. The molecule has 1 atom stereocenters. The molecule has 1 aliphatic heterocycles. The molecule has 0 saturated carbocycles. The van der Waals surface area contributed by atoms with Gasteiger partial charge in [0.25, 0.3) is 0 Å². The molecule has 0 spiro atoms. The van der Waals surface area contributed by atoms with Crippen molar-refractivity contribution in [3.05, 3.63) is 5.69 Å². The molecule has 2 aromatic heterocycles. The second-order valence-corrected chi connectivity index (χ2v) is 7.03. The molecule has 5 nitrogen and oxygen atoms in total. The predicted octanol–water partition coefficient (Wildman–Crippen LogP) is 2.09. The van der Waals surface area contributed by atoms with Gasteiger partial charge in [-0.2, -0.15) is 5.10 Å². The predicted molar refractivity (Wildman–Crippen MR) is 79.8 cm³/mol. The number of aryl methyl sites for hydroxylation is 2. The van der Waals surface area contributed by atoms with Gasteiger partial charge >= 0.3 is 0 Å². The van der Waals surface area contributed by atoms with Crippen LogP contribution < -0.4 is 5.32 Å². The van der Waals surface area contributed by atoms with Crippen LogP contribution in [0, 0.1) is 12.3 Å². The molecule has 0 amide bonds. The Labute approximate surface area is 117 Å². The first-order valence-electron chi connectivity index (χ1n) is 6.69. The van der Waals surface area contributed by atoms with Gasteiger partial charge in [-0.05, 0) is 32.4 Å². The van der Waals surface area contributed by atoms with Gasteiger partial charge in [-0.3, -0.25) is 0 Å². The highest BCUT2D eigenvalue weighted by Gasteiger charge is 2.31. The van der Waals surface area contributed by atoms with Crippen molar-refractivity contribution < 1.29 is 0 Å².